The third-order valence-corrected chi connectivity index (χ3v) is 6.65. The lowest BCUT2D eigenvalue weighted by atomic mass is 10.2. The highest BCUT2D eigenvalue weighted by atomic mass is 32.2. The Morgan fingerprint density at radius 1 is 1.20 bits per heavy atom. The summed E-state index contributed by atoms with van der Waals surface area (Å²) in [5, 5.41) is 4.24. The van der Waals surface area contributed by atoms with E-state index in [4.69, 9.17) is 0 Å². The molecule has 2 rings (SSSR count). The first-order valence-electron chi connectivity index (χ1n) is 6.75. The highest BCUT2D eigenvalue weighted by Crippen LogP contribution is 2.30. The number of benzene rings is 1. The first-order chi connectivity index (χ1) is 9.43. The molecule has 1 N–H and O–H groups in total. The van der Waals surface area contributed by atoms with Crippen molar-refractivity contribution >= 4 is 27.5 Å². The molecule has 1 aromatic carbocycles. The molecular formula is C14H22N2O2S2. The van der Waals surface area contributed by atoms with Crippen molar-refractivity contribution in [2.24, 2.45) is 0 Å². The molecule has 0 aliphatic heterocycles. The van der Waals surface area contributed by atoms with Gasteiger partial charge in [-0.1, -0.05) is 0 Å². The summed E-state index contributed by atoms with van der Waals surface area (Å²) in [6.07, 6.45) is 5.78. The van der Waals surface area contributed by atoms with Crippen LogP contribution >= 0.6 is 11.8 Å². The first kappa shape index (κ1) is 15.7. The van der Waals surface area contributed by atoms with Crippen molar-refractivity contribution in [1.29, 1.82) is 0 Å². The summed E-state index contributed by atoms with van der Waals surface area (Å²) in [7, 11) is -0.243. The van der Waals surface area contributed by atoms with E-state index in [-0.39, 0.29) is 0 Å². The molecule has 2 unspecified atom stereocenters. The maximum atomic E-state index is 12.0. The molecule has 0 radical (unpaired) electrons. The van der Waals surface area contributed by atoms with Crippen LogP contribution in [-0.4, -0.2) is 44.4 Å². The molecule has 112 valence electrons. The van der Waals surface area contributed by atoms with Gasteiger partial charge in [0.05, 0.1) is 4.90 Å². The smallest absolute Gasteiger partial charge is 0.242 e. The van der Waals surface area contributed by atoms with E-state index in [1.54, 1.807) is 26.2 Å². The first-order valence-corrected chi connectivity index (χ1v) is 9.48. The predicted molar refractivity (Wildman–Crippen MR) is 85.9 cm³/mol. The van der Waals surface area contributed by atoms with Crippen molar-refractivity contribution in [1.82, 2.24) is 4.31 Å². The van der Waals surface area contributed by atoms with E-state index < -0.39 is 10.0 Å². The SMILES string of the molecule is CSC1CCC(Nc2ccc(S(=O)(=O)N(C)C)cc2)C1. The Labute approximate surface area is 126 Å². The van der Waals surface area contributed by atoms with Crippen LogP contribution in [0.5, 0.6) is 0 Å². The molecule has 0 saturated heterocycles. The Morgan fingerprint density at radius 2 is 1.85 bits per heavy atom. The number of hydrogen-bond donors (Lipinski definition) is 1. The number of nitrogens with one attached hydrogen (secondary N) is 1. The van der Waals surface area contributed by atoms with Gasteiger partial charge in [0.25, 0.3) is 0 Å². The number of hydrogen-bond acceptors (Lipinski definition) is 4. The third kappa shape index (κ3) is 3.48. The standard InChI is InChI=1S/C14H22N2O2S2/c1-16(2)20(17,18)14-8-5-11(6-9-14)15-12-4-7-13(10-12)19-3/h5-6,8-9,12-13,15H,4,7,10H2,1-3H3. The van der Waals surface area contributed by atoms with Gasteiger partial charge in [-0.15, -0.1) is 0 Å². The van der Waals surface area contributed by atoms with Crippen LogP contribution in [0, 0.1) is 0 Å². The minimum absolute atomic E-state index is 0.335. The molecule has 1 saturated carbocycles. The van der Waals surface area contributed by atoms with Gasteiger partial charge in [-0.05, 0) is 49.8 Å². The average Bonchev–Trinajstić information content (AvgIpc) is 2.87. The van der Waals surface area contributed by atoms with Gasteiger partial charge in [-0.3, -0.25) is 0 Å². The Hall–Kier alpha value is -0.720. The van der Waals surface area contributed by atoms with Crippen molar-refractivity contribution in [3.63, 3.8) is 0 Å². The molecule has 2 atom stereocenters. The number of anilines is 1. The molecule has 0 heterocycles. The molecule has 1 fully saturated rings. The molecule has 0 spiro atoms. The predicted octanol–water partition coefficient (Wildman–Crippen LogP) is 2.63. The molecule has 4 nitrogen and oxygen atoms in total. The van der Waals surface area contributed by atoms with E-state index in [0.717, 1.165) is 10.9 Å². The fraction of sp³-hybridized carbons (Fsp3) is 0.571. The van der Waals surface area contributed by atoms with E-state index in [1.165, 1.54) is 23.6 Å². The Balaban J connectivity index is 2.03. The normalized spacial score (nSPS) is 23.2. The van der Waals surface area contributed by atoms with Crippen molar-refractivity contribution in [3.05, 3.63) is 24.3 Å². The van der Waals surface area contributed by atoms with Gasteiger partial charge in [-0.25, -0.2) is 12.7 Å². The summed E-state index contributed by atoms with van der Waals surface area (Å²) in [6.45, 7) is 0. The van der Waals surface area contributed by atoms with Gasteiger partial charge >= 0.3 is 0 Å². The van der Waals surface area contributed by atoms with Crippen LogP contribution in [-0.2, 0) is 10.0 Å². The van der Waals surface area contributed by atoms with Crippen LogP contribution in [0.3, 0.4) is 0 Å². The molecule has 1 aliphatic carbocycles. The van der Waals surface area contributed by atoms with Gasteiger partial charge in [0.2, 0.25) is 10.0 Å². The lowest BCUT2D eigenvalue weighted by molar-refractivity contribution is 0.521. The Kier molecular flexibility index (Phi) is 4.99. The monoisotopic (exact) mass is 314 g/mol. The van der Waals surface area contributed by atoms with Crippen molar-refractivity contribution in [2.45, 2.75) is 35.4 Å². The Bertz CT molecular complexity index is 541. The number of rotatable bonds is 5. The average molecular weight is 314 g/mol. The van der Waals surface area contributed by atoms with E-state index in [0.29, 0.717) is 10.9 Å². The van der Waals surface area contributed by atoms with Gasteiger partial charge < -0.3 is 5.32 Å². The molecule has 0 bridgehead atoms. The van der Waals surface area contributed by atoms with Crippen LogP contribution in [0.25, 0.3) is 0 Å². The second-order valence-corrected chi connectivity index (χ2v) is 8.61. The molecule has 1 aliphatic rings. The second-order valence-electron chi connectivity index (χ2n) is 5.32. The fourth-order valence-corrected chi connectivity index (χ4v) is 4.15. The van der Waals surface area contributed by atoms with E-state index in [2.05, 4.69) is 11.6 Å². The van der Waals surface area contributed by atoms with Crippen molar-refractivity contribution in [3.8, 4) is 0 Å². The topological polar surface area (TPSA) is 49.4 Å². The third-order valence-electron chi connectivity index (χ3n) is 3.72. The largest absolute Gasteiger partial charge is 0.382 e. The zero-order valence-corrected chi connectivity index (χ0v) is 13.8. The minimum Gasteiger partial charge on any atom is -0.382 e. The molecule has 0 aromatic heterocycles. The number of nitrogens with zero attached hydrogens (tertiary/aromatic N) is 1. The van der Waals surface area contributed by atoms with Crippen molar-refractivity contribution in [2.75, 3.05) is 25.7 Å². The summed E-state index contributed by atoms with van der Waals surface area (Å²) >= 11 is 1.93. The maximum absolute atomic E-state index is 12.0. The second kappa shape index (κ2) is 6.37. The molecule has 20 heavy (non-hydrogen) atoms. The molecule has 6 heteroatoms. The zero-order valence-electron chi connectivity index (χ0n) is 12.2. The quantitative estimate of drug-likeness (QED) is 0.908. The summed E-state index contributed by atoms with van der Waals surface area (Å²) in [4.78, 5) is 0.335. The highest BCUT2D eigenvalue weighted by Gasteiger charge is 2.24. The summed E-state index contributed by atoms with van der Waals surface area (Å²) in [5.41, 5.74) is 0.995. The Morgan fingerprint density at radius 3 is 2.35 bits per heavy atom. The summed E-state index contributed by atoms with van der Waals surface area (Å²) in [5.74, 6) is 0. The molecule has 1 aromatic rings. The lowest BCUT2D eigenvalue weighted by Crippen LogP contribution is -2.22. The van der Waals surface area contributed by atoms with Crippen LogP contribution < -0.4 is 5.32 Å². The van der Waals surface area contributed by atoms with Gasteiger partial charge in [0.1, 0.15) is 0 Å². The van der Waals surface area contributed by atoms with Gasteiger partial charge in [0, 0.05) is 31.1 Å². The zero-order chi connectivity index (χ0) is 14.8. The number of sulfonamides is 1. The van der Waals surface area contributed by atoms with Crippen LogP contribution in [0.1, 0.15) is 19.3 Å². The van der Waals surface area contributed by atoms with Gasteiger partial charge in [-0.2, -0.15) is 11.8 Å². The van der Waals surface area contributed by atoms with E-state index in [9.17, 15) is 8.42 Å². The highest BCUT2D eigenvalue weighted by molar-refractivity contribution is 7.99. The van der Waals surface area contributed by atoms with Crippen LogP contribution in [0.2, 0.25) is 0 Å². The fourth-order valence-electron chi connectivity index (χ4n) is 2.45. The number of thioether (sulfide) groups is 1. The van der Waals surface area contributed by atoms with E-state index in [1.807, 2.05) is 23.9 Å². The van der Waals surface area contributed by atoms with Crippen LogP contribution in [0.15, 0.2) is 29.2 Å². The maximum Gasteiger partial charge on any atom is 0.242 e. The summed E-state index contributed by atoms with van der Waals surface area (Å²) in [6, 6.07) is 7.53. The van der Waals surface area contributed by atoms with Crippen LogP contribution in [0.4, 0.5) is 5.69 Å². The van der Waals surface area contributed by atoms with Crippen molar-refractivity contribution < 1.29 is 8.42 Å². The minimum atomic E-state index is -3.33. The summed E-state index contributed by atoms with van der Waals surface area (Å²) < 4.78 is 25.2. The molecule has 0 amide bonds. The van der Waals surface area contributed by atoms with Gasteiger partial charge in [0.15, 0.2) is 0 Å². The van der Waals surface area contributed by atoms with E-state index >= 15 is 0 Å². The lowest BCUT2D eigenvalue weighted by Gasteiger charge is -2.15. The molecular weight excluding hydrogens is 292 g/mol.